The van der Waals surface area contributed by atoms with E-state index in [1.807, 2.05) is 0 Å². The first-order valence-electron chi connectivity index (χ1n) is 6.62. The molecule has 2 N–H and O–H groups in total. The number of hydrogen-bond donors (Lipinski definition) is 2. The number of halogens is 3. The fraction of sp³-hybridized carbons (Fsp3) is 0.125. The molecule has 0 saturated heterocycles. The van der Waals surface area contributed by atoms with E-state index in [1.165, 1.54) is 12.1 Å². The summed E-state index contributed by atoms with van der Waals surface area (Å²) < 4.78 is 38.0. The van der Waals surface area contributed by atoms with Crippen LogP contribution in [0.2, 0.25) is 0 Å². The Bertz CT molecular complexity index is 744. The maximum Gasteiger partial charge on any atom is 0.416 e. The summed E-state index contributed by atoms with van der Waals surface area (Å²) in [6.45, 7) is 1.78. The molecule has 0 radical (unpaired) electrons. The molecule has 7 heteroatoms. The summed E-state index contributed by atoms with van der Waals surface area (Å²) in [4.78, 5) is 12.1. The summed E-state index contributed by atoms with van der Waals surface area (Å²) >= 11 is 4.97. The molecule has 2 aromatic rings. The lowest BCUT2D eigenvalue weighted by atomic mass is 10.1. The molecule has 0 heterocycles. The summed E-state index contributed by atoms with van der Waals surface area (Å²) in [5.74, 6) is -0.424. The van der Waals surface area contributed by atoms with Gasteiger partial charge in [0.25, 0.3) is 5.91 Å². The van der Waals surface area contributed by atoms with Crippen LogP contribution in [0.15, 0.2) is 48.5 Å². The highest BCUT2D eigenvalue weighted by Gasteiger charge is 2.30. The van der Waals surface area contributed by atoms with Gasteiger partial charge in [0.2, 0.25) is 0 Å². The van der Waals surface area contributed by atoms with Crippen molar-refractivity contribution in [1.29, 1.82) is 0 Å². The van der Waals surface area contributed by atoms with Crippen molar-refractivity contribution < 1.29 is 18.0 Å². The second-order valence-electron chi connectivity index (χ2n) is 4.80. The summed E-state index contributed by atoms with van der Waals surface area (Å²) in [5.41, 5.74) is 0.568. The second kappa shape index (κ2) is 6.78. The highest BCUT2D eigenvalue weighted by Crippen LogP contribution is 2.30. The van der Waals surface area contributed by atoms with E-state index in [-0.39, 0.29) is 10.8 Å². The summed E-state index contributed by atoms with van der Waals surface area (Å²) in [6, 6.07) is 11.5. The Labute approximate surface area is 136 Å². The molecule has 0 saturated carbocycles. The minimum atomic E-state index is -4.44. The van der Waals surface area contributed by atoms with E-state index >= 15 is 0 Å². The van der Waals surface area contributed by atoms with E-state index in [9.17, 15) is 18.0 Å². The Balaban J connectivity index is 2.06. The van der Waals surface area contributed by atoms with Crippen LogP contribution in [0.25, 0.3) is 0 Å². The molecular weight excluding hydrogens is 325 g/mol. The van der Waals surface area contributed by atoms with Gasteiger partial charge in [-0.15, -0.1) is 0 Å². The van der Waals surface area contributed by atoms with Crippen molar-refractivity contribution in [2.75, 3.05) is 5.32 Å². The van der Waals surface area contributed by atoms with Crippen molar-refractivity contribution in [2.45, 2.75) is 13.1 Å². The normalized spacial score (nSPS) is 11.0. The lowest BCUT2D eigenvalue weighted by molar-refractivity contribution is -0.137. The lowest BCUT2D eigenvalue weighted by Crippen LogP contribution is -2.34. The van der Waals surface area contributed by atoms with Crippen molar-refractivity contribution in [2.24, 2.45) is 0 Å². The summed E-state index contributed by atoms with van der Waals surface area (Å²) in [5, 5.41) is 4.95. The van der Waals surface area contributed by atoms with Gasteiger partial charge in [0.05, 0.1) is 5.56 Å². The summed E-state index contributed by atoms with van der Waals surface area (Å²) in [6.07, 6.45) is -4.44. The van der Waals surface area contributed by atoms with Gasteiger partial charge in [-0.2, -0.15) is 13.2 Å². The first-order valence-corrected chi connectivity index (χ1v) is 7.03. The first kappa shape index (κ1) is 17.0. The highest BCUT2D eigenvalue weighted by atomic mass is 32.1. The van der Waals surface area contributed by atoms with Gasteiger partial charge in [0.15, 0.2) is 5.11 Å². The Kier molecular flexibility index (Phi) is 5.00. The molecule has 0 aliphatic rings. The first-order chi connectivity index (χ1) is 10.8. The van der Waals surface area contributed by atoms with Crippen LogP contribution in [0.5, 0.6) is 0 Å². The maximum atomic E-state index is 12.7. The standard InChI is InChI=1S/C16H13F3N2OS/c1-10-5-2-3-8-13(10)14(22)21-15(23)20-12-7-4-6-11(9-12)16(17,18)19/h2-9H,1H3,(H2,20,21,22,23). The molecule has 0 aromatic heterocycles. The van der Waals surface area contributed by atoms with E-state index in [1.54, 1.807) is 31.2 Å². The van der Waals surface area contributed by atoms with Crippen LogP contribution in [0.3, 0.4) is 0 Å². The van der Waals surface area contributed by atoms with Gasteiger partial charge >= 0.3 is 6.18 Å². The van der Waals surface area contributed by atoms with Gasteiger partial charge < -0.3 is 5.32 Å². The van der Waals surface area contributed by atoms with Crippen LogP contribution in [-0.2, 0) is 6.18 Å². The largest absolute Gasteiger partial charge is 0.416 e. The number of alkyl halides is 3. The fourth-order valence-electron chi connectivity index (χ4n) is 1.93. The SMILES string of the molecule is Cc1ccccc1C(=O)NC(=S)Nc1cccc(C(F)(F)F)c1. The average molecular weight is 338 g/mol. The van der Waals surface area contributed by atoms with E-state index in [2.05, 4.69) is 10.6 Å². The third-order valence-corrected chi connectivity index (χ3v) is 3.27. The Hall–Kier alpha value is -2.41. The zero-order valence-corrected chi connectivity index (χ0v) is 12.9. The highest BCUT2D eigenvalue weighted by molar-refractivity contribution is 7.80. The number of nitrogens with one attached hydrogen (secondary N) is 2. The van der Waals surface area contributed by atoms with Gasteiger partial charge in [0.1, 0.15) is 0 Å². The molecular formula is C16H13F3N2OS. The van der Waals surface area contributed by atoms with E-state index in [4.69, 9.17) is 12.2 Å². The monoisotopic (exact) mass is 338 g/mol. The molecule has 23 heavy (non-hydrogen) atoms. The Morgan fingerprint density at radius 3 is 2.43 bits per heavy atom. The second-order valence-corrected chi connectivity index (χ2v) is 5.21. The number of hydrogen-bond acceptors (Lipinski definition) is 2. The molecule has 120 valence electrons. The maximum absolute atomic E-state index is 12.7. The molecule has 2 rings (SSSR count). The number of benzene rings is 2. The van der Waals surface area contributed by atoms with Crippen molar-refractivity contribution in [3.05, 3.63) is 65.2 Å². The minimum Gasteiger partial charge on any atom is -0.332 e. The van der Waals surface area contributed by atoms with Crippen molar-refractivity contribution in [3.63, 3.8) is 0 Å². The van der Waals surface area contributed by atoms with Crippen molar-refractivity contribution in [1.82, 2.24) is 5.32 Å². The molecule has 0 fully saturated rings. The number of rotatable bonds is 2. The smallest absolute Gasteiger partial charge is 0.332 e. The summed E-state index contributed by atoms with van der Waals surface area (Å²) in [7, 11) is 0. The van der Waals surface area contributed by atoms with Gasteiger partial charge in [-0.25, -0.2) is 0 Å². The number of thiocarbonyl (C=S) groups is 1. The van der Waals surface area contributed by atoms with Crippen LogP contribution in [-0.4, -0.2) is 11.0 Å². The fourth-order valence-corrected chi connectivity index (χ4v) is 2.14. The molecule has 0 spiro atoms. The van der Waals surface area contributed by atoms with Crippen LogP contribution < -0.4 is 10.6 Å². The lowest BCUT2D eigenvalue weighted by Gasteiger charge is -2.12. The van der Waals surface area contributed by atoms with E-state index in [0.29, 0.717) is 5.56 Å². The van der Waals surface area contributed by atoms with Crippen LogP contribution in [0, 0.1) is 6.92 Å². The quantitative estimate of drug-likeness (QED) is 0.809. The Morgan fingerprint density at radius 2 is 1.78 bits per heavy atom. The molecule has 0 bridgehead atoms. The molecule has 0 aliphatic heterocycles. The number of aryl methyl sites for hydroxylation is 1. The van der Waals surface area contributed by atoms with E-state index < -0.39 is 17.6 Å². The Morgan fingerprint density at radius 1 is 1.09 bits per heavy atom. The van der Waals surface area contributed by atoms with Gasteiger partial charge in [-0.1, -0.05) is 24.3 Å². The molecule has 2 aromatic carbocycles. The van der Waals surface area contributed by atoms with Crippen molar-refractivity contribution in [3.8, 4) is 0 Å². The topological polar surface area (TPSA) is 41.1 Å². The molecule has 1 amide bonds. The molecule has 3 nitrogen and oxygen atoms in total. The third-order valence-electron chi connectivity index (χ3n) is 3.06. The molecule has 0 aliphatic carbocycles. The van der Waals surface area contributed by atoms with Gasteiger partial charge in [-0.05, 0) is 49.0 Å². The molecule has 0 unspecified atom stereocenters. The van der Waals surface area contributed by atoms with Gasteiger partial charge in [0, 0.05) is 11.3 Å². The average Bonchev–Trinajstić information content (AvgIpc) is 2.46. The van der Waals surface area contributed by atoms with Crippen LogP contribution >= 0.6 is 12.2 Å². The number of carbonyl (C=O) groups excluding carboxylic acids is 1. The minimum absolute atomic E-state index is 0.0717. The number of anilines is 1. The van der Waals surface area contributed by atoms with E-state index in [0.717, 1.165) is 17.7 Å². The zero-order chi connectivity index (χ0) is 17.0. The predicted molar refractivity (Wildman–Crippen MR) is 86.3 cm³/mol. The molecule has 0 atom stereocenters. The van der Waals surface area contributed by atoms with Gasteiger partial charge in [-0.3, -0.25) is 10.1 Å². The predicted octanol–water partition coefficient (Wildman–Crippen LogP) is 4.14. The van der Waals surface area contributed by atoms with Crippen LogP contribution in [0.1, 0.15) is 21.5 Å². The zero-order valence-electron chi connectivity index (χ0n) is 12.1. The third kappa shape index (κ3) is 4.53. The van der Waals surface area contributed by atoms with Crippen LogP contribution in [0.4, 0.5) is 18.9 Å². The number of carbonyl (C=O) groups is 1. The van der Waals surface area contributed by atoms with Crippen molar-refractivity contribution >= 4 is 28.9 Å². The number of amides is 1.